The summed E-state index contributed by atoms with van der Waals surface area (Å²) in [6.07, 6.45) is -1.90. The molecule has 1 N–H and O–H groups in total. The lowest BCUT2D eigenvalue weighted by Gasteiger charge is -2.13. The summed E-state index contributed by atoms with van der Waals surface area (Å²) in [6.45, 7) is 0. The summed E-state index contributed by atoms with van der Waals surface area (Å²) in [6, 6.07) is 0. The highest BCUT2D eigenvalue weighted by Crippen LogP contribution is 2.26. The summed E-state index contributed by atoms with van der Waals surface area (Å²) in [7, 11) is 0. The summed E-state index contributed by atoms with van der Waals surface area (Å²) < 4.78 is 37.4. The third kappa shape index (κ3) is 1.70. The van der Waals surface area contributed by atoms with E-state index in [9.17, 15) is 13.2 Å². The van der Waals surface area contributed by atoms with Crippen LogP contribution in [-0.4, -0.2) is 6.18 Å². The molecule has 0 bridgehead atoms. The van der Waals surface area contributed by atoms with Gasteiger partial charge in [0.2, 0.25) is 0 Å². The monoisotopic (exact) mass is 167 g/mol. The summed E-state index contributed by atoms with van der Waals surface area (Å²) in [5, 5.41) is 1.54. The van der Waals surface area contributed by atoms with Crippen LogP contribution in [0.15, 0.2) is 23.3 Å². The molecule has 1 rings (SSSR count). The molecular weight excluding hydrogens is 163 g/mol. The van der Waals surface area contributed by atoms with E-state index in [-0.39, 0.29) is 0 Å². The second kappa shape index (κ2) is 2.57. The van der Waals surface area contributed by atoms with Crippen LogP contribution in [0.1, 0.15) is 0 Å². The molecule has 10 heavy (non-hydrogen) atoms. The van der Waals surface area contributed by atoms with E-state index in [1.54, 1.807) is 0 Å². The molecule has 0 spiro atoms. The van der Waals surface area contributed by atoms with Gasteiger partial charge >= 0.3 is 6.18 Å². The maximum absolute atomic E-state index is 11.8. The largest absolute Gasteiger partial charge is 0.431 e. The van der Waals surface area contributed by atoms with E-state index in [4.69, 9.17) is 0 Å². The van der Waals surface area contributed by atoms with Crippen molar-refractivity contribution in [3.8, 4) is 0 Å². The first-order valence-corrected chi connectivity index (χ1v) is 3.34. The fourth-order valence-corrected chi connectivity index (χ4v) is 0.995. The molecule has 0 aromatic rings. The van der Waals surface area contributed by atoms with Crippen molar-refractivity contribution in [1.29, 1.82) is 0 Å². The van der Waals surface area contributed by atoms with E-state index in [0.717, 1.165) is 18.0 Å². The van der Waals surface area contributed by atoms with Gasteiger partial charge in [-0.2, -0.15) is 13.2 Å². The van der Waals surface area contributed by atoms with Gasteiger partial charge in [0.25, 0.3) is 0 Å². The average molecular weight is 167 g/mol. The minimum absolute atomic E-state index is 0.708. The van der Waals surface area contributed by atoms with E-state index in [1.165, 1.54) is 11.5 Å². The standard InChI is InChI=1S/C5H4F3NS/c6-5(7,8)4-2-1-3-10-9-4/h1-3,9H. The number of rotatable bonds is 0. The molecule has 0 unspecified atom stereocenters. The zero-order valence-corrected chi connectivity index (χ0v) is 5.59. The Morgan fingerprint density at radius 2 is 2.10 bits per heavy atom. The molecule has 0 saturated heterocycles. The molecule has 0 aromatic heterocycles. The first-order valence-electron chi connectivity index (χ1n) is 2.46. The minimum Gasteiger partial charge on any atom is -0.322 e. The quantitative estimate of drug-likeness (QED) is 0.555. The van der Waals surface area contributed by atoms with Crippen molar-refractivity contribution in [2.75, 3.05) is 0 Å². The lowest BCUT2D eigenvalue weighted by molar-refractivity contribution is -0.0942. The molecule has 0 aliphatic carbocycles. The zero-order chi connectivity index (χ0) is 7.61. The first kappa shape index (κ1) is 7.53. The van der Waals surface area contributed by atoms with Crippen molar-refractivity contribution in [1.82, 2.24) is 4.72 Å². The Bertz CT molecular complexity index is 182. The molecule has 0 saturated carbocycles. The van der Waals surface area contributed by atoms with Crippen LogP contribution in [0, 0.1) is 0 Å². The van der Waals surface area contributed by atoms with Crippen LogP contribution in [-0.2, 0) is 0 Å². The Hall–Kier alpha value is -0.580. The molecule has 1 aliphatic rings. The number of hydrogen-bond acceptors (Lipinski definition) is 2. The van der Waals surface area contributed by atoms with Crippen molar-refractivity contribution in [2.24, 2.45) is 0 Å². The molecule has 5 heteroatoms. The molecule has 0 atom stereocenters. The van der Waals surface area contributed by atoms with Crippen LogP contribution < -0.4 is 4.72 Å². The fourth-order valence-electron chi connectivity index (χ4n) is 0.459. The second-order valence-corrected chi connectivity index (χ2v) is 2.34. The van der Waals surface area contributed by atoms with E-state index < -0.39 is 11.9 Å². The topological polar surface area (TPSA) is 12.0 Å². The van der Waals surface area contributed by atoms with Crippen molar-refractivity contribution in [3.63, 3.8) is 0 Å². The Morgan fingerprint density at radius 3 is 2.40 bits per heavy atom. The Kier molecular flexibility index (Phi) is 1.94. The molecule has 0 aromatic carbocycles. The van der Waals surface area contributed by atoms with Crippen molar-refractivity contribution in [3.05, 3.63) is 23.3 Å². The SMILES string of the molecule is FC(F)(F)C1=CC=CSN1. The van der Waals surface area contributed by atoms with E-state index >= 15 is 0 Å². The number of halogens is 3. The molecule has 1 nitrogen and oxygen atoms in total. The van der Waals surface area contributed by atoms with Gasteiger partial charge < -0.3 is 4.72 Å². The highest BCUT2D eigenvalue weighted by atomic mass is 32.2. The summed E-state index contributed by atoms with van der Waals surface area (Å²) in [5.41, 5.74) is -0.708. The van der Waals surface area contributed by atoms with Gasteiger partial charge in [0.15, 0.2) is 0 Å². The molecule has 1 heterocycles. The normalized spacial score (nSPS) is 18.1. The first-order chi connectivity index (χ1) is 4.61. The molecular formula is C5H4F3NS. The predicted octanol–water partition coefficient (Wildman–Crippen LogP) is 2.20. The third-order valence-electron chi connectivity index (χ3n) is 0.884. The number of nitrogens with one attached hydrogen (secondary N) is 1. The van der Waals surface area contributed by atoms with Crippen molar-refractivity contribution < 1.29 is 13.2 Å². The van der Waals surface area contributed by atoms with E-state index in [2.05, 4.69) is 4.72 Å². The summed E-state index contributed by atoms with van der Waals surface area (Å²) >= 11 is 0.911. The Morgan fingerprint density at radius 1 is 1.40 bits per heavy atom. The highest BCUT2D eigenvalue weighted by molar-refractivity contribution is 8.00. The molecule has 0 amide bonds. The van der Waals surface area contributed by atoms with Crippen LogP contribution in [0.4, 0.5) is 13.2 Å². The molecule has 1 aliphatic heterocycles. The number of alkyl halides is 3. The van der Waals surface area contributed by atoms with Gasteiger partial charge in [-0.15, -0.1) is 0 Å². The average Bonchev–Trinajstić information content (AvgIpc) is 1.88. The van der Waals surface area contributed by atoms with E-state index in [0.29, 0.717) is 0 Å². The van der Waals surface area contributed by atoms with Gasteiger partial charge in [-0.05, 0) is 23.4 Å². The van der Waals surface area contributed by atoms with Crippen LogP contribution >= 0.6 is 11.9 Å². The minimum atomic E-state index is -4.25. The van der Waals surface area contributed by atoms with Gasteiger partial charge in [-0.25, -0.2) is 0 Å². The van der Waals surface area contributed by atoms with Crippen LogP contribution in [0.5, 0.6) is 0 Å². The van der Waals surface area contributed by atoms with Gasteiger partial charge in [0.1, 0.15) is 5.70 Å². The number of hydrogen-bond donors (Lipinski definition) is 1. The summed E-state index contributed by atoms with van der Waals surface area (Å²) in [4.78, 5) is 0. The second-order valence-electron chi connectivity index (χ2n) is 1.63. The van der Waals surface area contributed by atoms with Gasteiger partial charge in [0.05, 0.1) is 0 Å². The zero-order valence-electron chi connectivity index (χ0n) is 4.77. The van der Waals surface area contributed by atoms with Crippen molar-refractivity contribution in [2.45, 2.75) is 6.18 Å². The van der Waals surface area contributed by atoms with Crippen LogP contribution in [0.25, 0.3) is 0 Å². The number of allylic oxidation sites excluding steroid dienone is 3. The smallest absolute Gasteiger partial charge is 0.322 e. The van der Waals surface area contributed by atoms with Crippen molar-refractivity contribution >= 4 is 11.9 Å². The summed E-state index contributed by atoms with van der Waals surface area (Å²) in [5.74, 6) is 0. The Balaban J connectivity index is 2.72. The predicted molar refractivity (Wildman–Crippen MR) is 34.0 cm³/mol. The van der Waals surface area contributed by atoms with Crippen LogP contribution in [0.3, 0.4) is 0 Å². The Labute approximate surface area is 60.1 Å². The van der Waals surface area contributed by atoms with Crippen LogP contribution in [0.2, 0.25) is 0 Å². The third-order valence-corrected chi connectivity index (χ3v) is 1.51. The highest BCUT2D eigenvalue weighted by Gasteiger charge is 2.33. The van der Waals surface area contributed by atoms with Gasteiger partial charge in [-0.3, -0.25) is 0 Å². The molecule has 0 radical (unpaired) electrons. The maximum atomic E-state index is 11.8. The van der Waals surface area contributed by atoms with E-state index in [1.807, 2.05) is 0 Å². The maximum Gasteiger partial charge on any atom is 0.431 e. The molecule has 56 valence electrons. The lowest BCUT2D eigenvalue weighted by atomic mass is 10.4. The van der Waals surface area contributed by atoms with Gasteiger partial charge in [0, 0.05) is 0 Å². The molecule has 0 fully saturated rings. The lowest BCUT2D eigenvalue weighted by Crippen LogP contribution is -2.21. The van der Waals surface area contributed by atoms with Gasteiger partial charge in [-0.1, -0.05) is 6.08 Å². The fraction of sp³-hybridized carbons (Fsp3) is 0.200.